The number of amides is 1. The Morgan fingerprint density at radius 2 is 1.85 bits per heavy atom. The minimum Gasteiger partial charge on any atom is -0.322 e. The molecule has 0 aromatic heterocycles. The lowest BCUT2D eigenvalue weighted by atomic mass is 10.2. The Labute approximate surface area is 155 Å². The van der Waals surface area contributed by atoms with Crippen LogP contribution in [0.1, 0.15) is 24.2 Å². The first-order valence-corrected chi connectivity index (χ1v) is 9.50. The summed E-state index contributed by atoms with van der Waals surface area (Å²) in [5.41, 5.74) is -0.633. The van der Waals surface area contributed by atoms with Gasteiger partial charge in [-0.15, -0.1) is 0 Å². The van der Waals surface area contributed by atoms with Gasteiger partial charge in [0.1, 0.15) is 5.82 Å². The average Bonchev–Trinajstić information content (AvgIpc) is 2.62. The summed E-state index contributed by atoms with van der Waals surface area (Å²) in [4.78, 5) is 22.3. The summed E-state index contributed by atoms with van der Waals surface area (Å²) in [6.45, 7) is 3.79. The first-order chi connectivity index (χ1) is 12.7. The smallest absolute Gasteiger partial charge is 0.271 e. The number of nitro groups is 1. The number of hydrogen-bond acceptors (Lipinski definition) is 5. The fraction of sp³-hybridized carbons (Fsp3) is 0.235. The van der Waals surface area contributed by atoms with Crippen molar-refractivity contribution >= 4 is 27.3 Å². The van der Waals surface area contributed by atoms with Crippen molar-refractivity contribution in [2.75, 3.05) is 18.4 Å². The zero-order valence-corrected chi connectivity index (χ0v) is 15.5. The van der Waals surface area contributed by atoms with Crippen molar-refractivity contribution in [1.29, 1.82) is 0 Å². The van der Waals surface area contributed by atoms with Crippen molar-refractivity contribution in [2.45, 2.75) is 18.7 Å². The standard InChI is InChI=1S/C17H18FN3O5S/c1-3-20(4-2)27(25,26)14-8-9-16(18)15(11-14)17(22)19-12-6-5-7-13(10-12)21(23)24/h5-11H,3-4H2,1-2H3,(H,19,22). The number of non-ortho nitro benzene ring substituents is 1. The Morgan fingerprint density at radius 1 is 1.19 bits per heavy atom. The summed E-state index contributed by atoms with van der Waals surface area (Å²) in [5, 5.41) is 13.1. The number of hydrogen-bond donors (Lipinski definition) is 1. The highest BCUT2D eigenvalue weighted by Crippen LogP contribution is 2.22. The van der Waals surface area contributed by atoms with Crippen LogP contribution in [-0.2, 0) is 10.0 Å². The maximum absolute atomic E-state index is 14.1. The predicted octanol–water partition coefficient (Wildman–Crippen LogP) is 3.02. The number of nitrogens with one attached hydrogen (secondary N) is 1. The number of nitrogens with zero attached hydrogens (tertiary/aromatic N) is 2. The molecular formula is C17H18FN3O5S. The molecule has 0 saturated heterocycles. The molecule has 0 bridgehead atoms. The van der Waals surface area contributed by atoms with Gasteiger partial charge in [-0.1, -0.05) is 19.9 Å². The molecule has 0 aliphatic carbocycles. The Morgan fingerprint density at radius 3 is 2.44 bits per heavy atom. The van der Waals surface area contributed by atoms with Crippen molar-refractivity contribution in [1.82, 2.24) is 4.31 Å². The van der Waals surface area contributed by atoms with Crippen molar-refractivity contribution in [3.05, 3.63) is 64.0 Å². The highest BCUT2D eigenvalue weighted by atomic mass is 32.2. The van der Waals surface area contributed by atoms with Gasteiger partial charge < -0.3 is 5.32 Å². The van der Waals surface area contributed by atoms with Gasteiger partial charge in [0.15, 0.2) is 0 Å². The van der Waals surface area contributed by atoms with E-state index in [2.05, 4.69) is 5.32 Å². The molecule has 2 rings (SSSR count). The zero-order valence-electron chi connectivity index (χ0n) is 14.7. The fourth-order valence-electron chi connectivity index (χ4n) is 2.45. The molecule has 2 aromatic rings. The average molecular weight is 395 g/mol. The van der Waals surface area contributed by atoms with E-state index in [1.165, 1.54) is 22.5 Å². The summed E-state index contributed by atoms with van der Waals surface area (Å²) in [7, 11) is -3.87. The third kappa shape index (κ3) is 4.47. The quantitative estimate of drug-likeness (QED) is 0.572. The first-order valence-electron chi connectivity index (χ1n) is 8.06. The van der Waals surface area contributed by atoms with E-state index in [4.69, 9.17) is 0 Å². The molecule has 144 valence electrons. The first kappa shape index (κ1) is 20.5. The van der Waals surface area contributed by atoms with Crippen LogP contribution in [0.5, 0.6) is 0 Å². The SMILES string of the molecule is CCN(CC)S(=O)(=O)c1ccc(F)c(C(=O)Nc2cccc([N+](=O)[O-])c2)c1. The van der Waals surface area contributed by atoms with E-state index in [-0.39, 0.29) is 29.4 Å². The number of carbonyl (C=O) groups excluding carboxylic acids is 1. The summed E-state index contributed by atoms with van der Waals surface area (Å²) in [6, 6.07) is 8.08. The molecule has 0 atom stereocenters. The second kappa shape index (κ2) is 8.23. The molecule has 10 heteroatoms. The molecular weight excluding hydrogens is 377 g/mol. The second-order valence-corrected chi connectivity index (χ2v) is 7.43. The summed E-state index contributed by atoms with van der Waals surface area (Å²) >= 11 is 0. The summed E-state index contributed by atoms with van der Waals surface area (Å²) in [5.74, 6) is -1.82. The van der Waals surface area contributed by atoms with Crippen LogP contribution in [0.4, 0.5) is 15.8 Å². The third-order valence-electron chi connectivity index (χ3n) is 3.84. The lowest BCUT2D eigenvalue weighted by molar-refractivity contribution is -0.384. The summed E-state index contributed by atoms with van der Waals surface area (Å²) in [6.07, 6.45) is 0. The lowest BCUT2D eigenvalue weighted by Gasteiger charge is -2.19. The molecule has 0 aliphatic rings. The van der Waals surface area contributed by atoms with Gasteiger partial charge in [0, 0.05) is 30.9 Å². The number of nitro benzene ring substituents is 1. The van der Waals surface area contributed by atoms with Crippen LogP contribution >= 0.6 is 0 Å². The number of benzene rings is 2. The zero-order chi connectivity index (χ0) is 20.2. The largest absolute Gasteiger partial charge is 0.322 e. The normalized spacial score (nSPS) is 11.4. The van der Waals surface area contributed by atoms with Crippen molar-refractivity contribution in [3.8, 4) is 0 Å². The van der Waals surface area contributed by atoms with Gasteiger partial charge in [-0.05, 0) is 24.3 Å². The van der Waals surface area contributed by atoms with Gasteiger partial charge in [-0.2, -0.15) is 4.31 Å². The van der Waals surface area contributed by atoms with Crippen molar-refractivity contribution < 1.29 is 22.5 Å². The van der Waals surface area contributed by atoms with Gasteiger partial charge in [0.05, 0.1) is 15.4 Å². The lowest BCUT2D eigenvalue weighted by Crippen LogP contribution is -2.31. The van der Waals surface area contributed by atoms with Crippen molar-refractivity contribution in [2.24, 2.45) is 0 Å². The van der Waals surface area contributed by atoms with Gasteiger partial charge in [-0.25, -0.2) is 12.8 Å². The van der Waals surface area contributed by atoms with Gasteiger partial charge in [0.2, 0.25) is 10.0 Å². The molecule has 0 aliphatic heterocycles. The highest BCUT2D eigenvalue weighted by molar-refractivity contribution is 7.89. The molecule has 0 fully saturated rings. The maximum atomic E-state index is 14.1. The monoisotopic (exact) mass is 395 g/mol. The molecule has 0 saturated carbocycles. The molecule has 27 heavy (non-hydrogen) atoms. The Hall–Kier alpha value is -2.85. The number of rotatable bonds is 7. The molecule has 2 aromatic carbocycles. The van der Waals surface area contributed by atoms with E-state index in [9.17, 15) is 27.7 Å². The maximum Gasteiger partial charge on any atom is 0.271 e. The minimum absolute atomic E-state index is 0.0885. The van der Waals surface area contributed by atoms with Crippen LogP contribution in [0.2, 0.25) is 0 Å². The number of anilines is 1. The third-order valence-corrected chi connectivity index (χ3v) is 5.89. The van der Waals surface area contributed by atoms with E-state index in [0.29, 0.717) is 0 Å². The van der Waals surface area contributed by atoms with Crippen molar-refractivity contribution in [3.63, 3.8) is 0 Å². The molecule has 0 spiro atoms. The Balaban J connectivity index is 2.37. The van der Waals surface area contributed by atoms with Crippen LogP contribution in [-0.4, -0.2) is 36.6 Å². The Bertz CT molecular complexity index is 974. The second-order valence-electron chi connectivity index (χ2n) is 5.49. The fourth-order valence-corrected chi connectivity index (χ4v) is 3.93. The van der Waals surface area contributed by atoms with E-state index in [1.807, 2.05) is 0 Å². The topological polar surface area (TPSA) is 110 Å². The number of halogens is 1. The predicted molar refractivity (Wildman–Crippen MR) is 97.6 cm³/mol. The highest BCUT2D eigenvalue weighted by Gasteiger charge is 2.24. The van der Waals surface area contributed by atoms with E-state index < -0.39 is 32.2 Å². The van der Waals surface area contributed by atoms with Crippen LogP contribution in [0, 0.1) is 15.9 Å². The van der Waals surface area contributed by atoms with Crippen LogP contribution in [0.25, 0.3) is 0 Å². The van der Waals surface area contributed by atoms with E-state index in [1.54, 1.807) is 13.8 Å². The molecule has 1 N–H and O–H groups in total. The molecule has 0 heterocycles. The van der Waals surface area contributed by atoms with Gasteiger partial charge >= 0.3 is 0 Å². The van der Waals surface area contributed by atoms with Crippen LogP contribution in [0.15, 0.2) is 47.4 Å². The molecule has 0 radical (unpaired) electrons. The molecule has 8 nitrogen and oxygen atoms in total. The Kier molecular flexibility index (Phi) is 6.24. The van der Waals surface area contributed by atoms with Crippen LogP contribution in [0.3, 0.4) is 0 Å². The number of sulfonamides is 1. The molecule has 0 unspecified atom stereocenters. The van der Waals surface area contributed by atoms with E-state index >= 15 is 0 Å². The van der Waals surface area contributed by atoms with Gasteiger partial charge in [0.25, 0.3) is 11.6 Å². The minimum atomic E-state index is -3.87. The van der Waals surface area contributed by atoms with Crippen LogP contribution < -0.4 is 5.32 Å². The summed E-state index contributed by atoms with van der Waals surface area (Å²) < 4.78 is 40.4. The van der Waals surface area contributed by atoms with Gasteiger partial charge in [-0.3, -0.25) is 14.9 Å². The van der Waals surface area contributed by atoms with E-state index in [0.717, 1.165) is 24.3 Å². The molecule has 1 amide bonds. The number of carbonyl (C=O) groups is 1.